The third-order valence-electron chi connectivity index (χ3n) is 10.5. The number of sulfone groups is 1. The lowest BCUT2D eigenvalue weighted by Crippen LogP contribution is -2.55. The highest BCUT2D eigenvalue weighted by Gasteiger charge is 2.42. The van der Waals surface area contributed by atoms with Crippen LogP contribution in [0.3, 0.4) is 0 Å². The minimum absolute atomic E-state index is 0.113. The van der Waals surface area contributed by atoms with Crippen molar-refractivity contribution in [3.05, 3.63) is 24.3 Å². The predicted octanol–water partition coefficient (Wildman–Crippen LogP) is -3.20. The van der Waals surface area contributed by atoms with E-state index in [9.17, 15) is 61.5 Å². The molecular weight excluding hydrogens is 913 g/mol. The van der Waals surface area contributed by atoms with Gasteiger partial charge in [-0.2, -0.15) is 11.8 Å². The van der Waals surface area contributed by atoms with E-state index >= 15 is 0 Å². The second kappa shape index (κ2) is 26.7. The second-order valence-electron chi connectivity index (χ2n) is 15.4. The Kier molecular flexibility index (Phi) is 21.9. The molecule has 0 aliphatic carbocycles. The Morgan fingerprint density at radius 3 is 2.15 bits per heavy atom. The van der Waals surface area contributed by atoms with Crippen LogP contribution in [0.2, 0.25) is 0 Å². The van der Waals surface area contributed by atoms with E-state index in [0.29, 0.717) is 37.5 Å². The van der Waals surface area contributed by atoms with Gasteiger partial charge in [0.2, 0.25) is 47.3 Å². The van der Waals surface area contributed by atoms with Crippen molar-refractivity contribution in [1.29, 1.82) is 0 Å². The molecular formula is C39H58N10O15S2. The summed E-state index contributed by atoms with van der Waals surface area (Å²) < 4.78 is 31.9. The molecule has 27 heteroatoms. The number of nitrogens with two attached hydrogens (primary N) is 1. The maximum Gasteiger partial charge on any atom is 0.315 e. The number of rotatable bonds is 29. The number of ether oxygens (including phenoxy) is 1. The average molecular weight is 971 g/mol. The highest BCUT2D eigenvalue weighted by molar-refractivity contribution is 8.00. The molecule has 0 saturated carbocycles. The molecule has 0 radical (unpaired) electrons. The van der Waals surface area contributed by atoms with Gasteiger partial charge in [0.1, 0.15) is 23.9 Å². The van der Waals surface area contributed by atoms with Crippen molar-refractivity contribution in [3.8, 4) is 5.75 Å². The number of aliphatic carboxylic acids is 1. The first kappa shape index (κ1) is 54.1. The summed E-state index contributed by atoms with van der Waals surface area (Å²) in [5.41, 5.74) is 6.67. The second-order valence-corrected chi connectivity index (χ2v) is 18.8. The maximum absolute atomic E-state index is 13.4. The number of fused-ring (bicyclic) bond motifs is 1. The quantitative estimate of drug-likeness (QED) is 0.0163. The van der Waals surface area contributed by atoms with Gasteiger partial charge in [-0.3, -0.25) is 48.4 Å². The molecule has 66 heavy (non-hydrogen) atoms. The Morgan fingerprint density at radius 2 is 1.50 bits per heavy atom. The number of carboxylic acids is 1. The summed E-state index contributed by atoms with van der Waals surface area (Å²) >= 11 is 1.81. The number of carbonyl (C=O) groups excluding carboxylic acids is 9. The Bertz CT molecular complexity index is 2040. The summed E-state index contributed by atoms with van der Waals surface area (Å²) in [4.78, 5) is 123. The number of carboxylic acid groups (broad SMARTS) is 1. The molecule has 1 aromatic rings. The zero-order chi connectivity index (χ0) is 49.0. The Labute approximate surface area is 384 Å². The van der Waals surface area contributed by atoms with Gasteiger partial charge in [-0.05, 0) is 69.7 Å². The molecule has 25 nitrogen and oxygen atoms in total. The number of unbranched alkanes of at least 4 members (excludes halogenated alkanes) is 2. The number of primary amides is 1. The Balaban J connectivity index is 1.39. The number of benzene rings is 1. The van der Waals surface area contributed by atoms with E-state index < -0.39 is 118 Å². The SMILES string of the molecule is COc1ccc(S(=O)(=O)C(CC(=O)NO)C(=O)N[C@@H](CCC(=O)O)C(=O)N[C@@H](C)C(=O)NCC(=O)NCC(=O)N[C@@H](CCCCNC(=O)CCCC[C@@H]2SC[C@@H]3NC(=O)N[C@@H]32)C(N)=O)cc1. The van der Waals surface area contributed by atoms with E-state index in [2.05, 4.69) is 42.5 Å². The lowest BCUT2D eigenvalue weighted by molar-refractivity contribution is -0.138. The van der Waals surface area contributed by atoms with Gasteiger partial charge >= 0.3 is 12.0 Å². The van der Waals surface area contributed by atoms with Crippen LogP contribution >= 0.6 is 11.8 Å². The van der Waals surface area contributed by atoms with E-state index in [1.807, 2.05) is 11.8 Å². The number of methoxy groups -OCH3 is 1. The van der Waals surface area contributed by atoms with Crippen LogP contribution in [0.25, 0.3) is 0 Å². The van der Waals surface area contributed by atoms with Gasteiger partial charge in [-0.15, -0.1) is 0 Å². The van der Waals surface area contributed by atoms with Crippen molar-refractivity contribution < 1.29 is 71.4 Å². The van der Waals surface area contributed by atoms with Gasteiger partial charge in [0, 0.05) is 30.4 Å². The van der Waals surface area contributed by atoms with E-state index in [0.717, 1.165) is 30.7 Å². The number of thioether (sulfide) groups is 1. The molecule has 1 aromatic carbocycles. The smallest absolute Gasteiger partial charge is 0.315 e. The summed E-state index contributed by atoms with van der Waals surface area (Å²) in [7, 11) is -3.35. The largest absolute Gasteiger partial charge is 0.497 e. The molecule has 366 valence electrons. The minimum atomic E-state index is -4.68. The summed E-state index contributed by atoms with van der Waals surface area (Å²) in [5.74, 6) is -7.56. The Hall–Kier alpha value is -6.22. The highest BCUT2D eigenvalue weighted by Crippen LogP contribution is 2.33. The molecule has 2 saturated heterocycles. The van der Waals surface area contributed by atoms with Crippen molar-refractivity contribution >= 4 is 80.9 Å². The summed E-state index contributed by atoms with van der Waals surface area (Å²) in [5, 5.41) is 36.3. The number of urea groups is 1. The van der Waals surface area contributed by atoms with Crippen LogP contribution in [0.4, 0.5) is 4.79 Å². The topological polar surface area (TPSA) is 389 Å². The first-order valence-corrected chi connectivity index (χ1v) is 23.6. The molecule has 7 atom stereocenters. The molecule has 3 rings (SSSR count). The number of carbonyl (C=O) groups is 10. The molecule has 13 N–H and O–H groups in total. The fourth-order valence-corrected chi connectivity index (χ4v) is 9.93. The Morgan fingerprint density at radius 1 is 0.803 bits per heavy atom. The highest BCUT2D eigenvalue weighted by atomic mass is 32.2. The first-order chi connectivity index (χ1) is 31.2. The van der Waals surface area contributed by atoms with Crippen molar-refractivity contribution in [2.24, 2.45) is 5.73 Å². The average Bonchev–Trinajstić information content (AvgIpc) is 3.84. The van der Waals surface area contributed by atoms with Gasteiger partial charge in [-0.25, -0.2) is 18.7 Å². The normalized spacial score (nSPS) is 18.0. The first-order valence-electron chi connectivity index (χ1n) is 21.0. The molecule has 0 spiro atoms. The zero-order valence-corrected chi connectivity index (χ0v) is 38.0. The maximum atomic E-state index is 13.4. The van der Waals surface area contributed by atoms with Crippen LogP contribution in [0, 0.1) is 0 Å². The predicted molar refractivity (Wildman–Crippen MR) is 233 cm³/mol. The van der Waals surface area contributed by atoms with Crippen molar-refractivity contribution in [2.75, 3.05) is 32.5 Å². The number of hydrogen-bond donors (Lipinski definition) is 12. The van der Waals surface area contributed by atoms with Crippen molar-refractivity contribution in [2.45, 2.75) is 117 Å². The van der Waals surface area contributed by atoms with Crippen LogP contribution in [0.1, 0.15) is 71.1 Å². The fraction of sp³-hybridized carbons (Fsp3) is 0.590. The summed E-state index contributed by atoms with van der Waals surface area (Å²) in [6.07, 6.45) is 1.45. The van der Waals surface area contributed by atoms with Gasteiger partial charge in [-0.1, -0.05) is 6.42 Å². The number of hydrogen-bond acceptors (Lipinski definition) is 15. The third kappa shape index (κ3) is 17.6. The minimum Gasteiger partial charge on any atom is -0.497 e. The summed E-state index contributed by atoms with van der Waals surface area (Å²) in [6, 6.07) is 0.613. The molecule has 1 unspecified atom stereocenters. The molecule has 2 heterocycles. The molecule has 2 aliphatic heterocycles. The van der Waals surface area contributed by atoms with E-state index in [1.54, 1.807) is 0 Å². The molecule has 2 fully saturated rings. The number of amides is 10. The standard InChI is InChI=1S/C39H58N10O15S2/c1-21(44-37(58)25(14-15-33(54)55)46-38(59)28(17-30(51)49-61)66(62,63)23-12-10-22(64-2)11-13-23)36(57)43-18-31(52)42-19-32(53)45-24(35(40)56)7-5-6-16-41-29(50)9-4-3-8-27-34-26(20-65-27)47-39(60)48-34/h10-13,21,24-28,34,61H,3-9,14-20H2,1-2H3,(H2,40,56)(H,41,50)(H,42,52)(H,43,57)(H,44,58)(H,45,53)(H,46,59)(H,49,51)(H,54,55)(H2,47,48,60)/t21-,24-,25-,26-,27-,28?,34-/m0/s1. The number of nitrogens with one attached hydrogen (secondary N) is 9. The molecule has 10 amide bonds. The molecule has 0 aromatic heterocycles. The zero-order valence-electron chi connectivity index (χ0n) is 36.3. The van der Waals surface area contributed by atoms with Gasteiger partial charge < -0.3 is 58.1 Å². The van der Waals surface area contributed by atoms with Crippen LogP contribution in [0.15, 0.2) is 29.2 Å². The van der Waals surface area contributed by atoms with Crippen molar-refractivity contribution in [1.82, 2.24) is 48.0 Å². The number of hydroxylamine groups is 1. The van der Waals surface area contributed by atoms with Crippen LogP contribution in [-0.4, -0.2) is 151 Å². The molecule has 0 bridgehead atoms. The third-order valence-corrected chi connectivity index (χ3v) is 14.0. The van der Waals surface area contributed by atoms with Gasteiger partial charge in [0.25, 0.3) is 0 Å². The van der Waals surface area contributed by atoms with E-state index in [-0.39, 0.29) is 36.2 Å². The van der Waals surface area contributed by atoms with Crippen molar-refractivity contribution in [3.63, 3.8) is 0 Å². The van der Waals surface area contributed by atoms with Crippen LogP contribution < -0.4 is 58.5 Å². The van der Waals surface area contributed by atoms with Crippen LogP contribution in [0.5, 0.6) is 5.75 Å². The summed E-state index contributed by atoms with van der Waals surface area (Å²) in [6.45, 7) is 0.231. The lowest BCUT2D eigenvalue weighted by Gasteiger charge is -2.23. The van der Waals surface area contributed by atoms with E-state index in [4.69, 9.17) is 15.7 Å². The molecule has 2 aliphatic rings. The van der Waals surface area contributed by atoms with E-state index in [1.165, 1.54) is 31.6 Å². The monoisotopic (exact) mass is 970 g/mol. The lowest BCUT2D eigenvalue weighted by atomic mass is 10.0. The van der Waals surface area contributed by atoms with Gasteiger partial charge in [0.05, 0.1) is 43.6 Å². The van der Waals surface area contributed by atoms with Gasteiger partial charge in [0.15, 0.2) is 15.1 Å². The van der Waals surface area contributed by atoms with Crippen LogP contribution in [-0.2, 0) is 53.0 Å². The fourth-order valence-electron chi connectivity index (χ4n) is 6.82.